The van der Waals surface area contributed by atoms with E-state index in [2.05, 4.69) is 4.98 Å². The Morgan fingerprint density at radius 3 is 2.45 bits per heavy atom. The van der Waals surface area contributed by atoms with Crippen LogP contribution in [0.2, 0.25) is 4.47 Å². The molecule has 2 rings (SSSR count). The van der Waals surface area contributed by atoms with Gasteiger partial charge in [-0.05, 0) is 30.7 Å². The molecule has 1 amide bonds. The molecule has 0 aliphatic heterocycles. The number of carbonyl (C=O) groups is 1. The highest BCUT2D eigenvalue weighted by molar-refractivity contribution is 7.92. The SMILES string of the molecule is Cl.NCCc1ccc(C(=O)NS(=O)(=O)c2cnc(Cl)s2)cc1. The molecule has 0 saturated carbocycles. The molecule has 0 atom stereocenters. The molecule has 0 bridgehead atoms. The predicted molar refractivity (Wildman–Crippen MR) is 88.2 cm³/mol. The van der Waals surface area contributed by atoms with Crippen molar-refractivity contribution in [1.82, 2.24) is 9.71 Å². The van der Waals surface area contributed by atoms with Gasteiger partial charge in [0, 0.05) is 5.56 Å². The first-order chi connectivity index (χ1) is 9.92. The van der Waals surface area contributed by atoms with Crippen LogP contribution in [0.3, 0.4) is 0 Å². The number of benzene rings is 1. The fourth-order valence-electron chi connectivity index (χ4n) is 1.58. The number of nitrogens with zero attached hydrogens (tertiary/aromatic N) is 1. The fraction of sp³-hybridized carbons (Fsp3) is 0.167. The number of hydrogen-bond acceptors (Lipinski definition) is 6. The van der Waals surface area contributed by atoms with Crippen molar-refractivity contribution >= 4 is 51.3 Å². The lowest BCUT2D eigenvalue weighted by molar-refractivity contribution is 0.0981. The smallest absolute Gasteiger partial charge is 0.275 e. The molecule has 0 aliphatic carbocycles. The standard InChI is InChI=1S/C12H12ClN3O3S2.ClH/c13-12-15-7-10(20-12)21(18,19)16-11(17)9-3-1-8(2-4-9)5-6-14;/h1-4,7H,5-6,14H2,(H,16,17);1H. The number of carbonyl (C=O) groups excluding carboxylic acids is 1. The van der Waals surface area contributed by atoms with E-state index < -0.39 is 15.9 Å². The van der Waals surface area contributed by atoms with Gasteiger partial charge in [-0.25, -0.2) is 18.1 Å². The maximum absolute atomic E-state index is 12.0. The summed E-state index contributed by atoms with van der Waals surface area (Å²) >= 11 is 6.37. The molecule has 10 heteroatoms. The first-order valence-electron chi connectivity index (χ1n) is 5.90. The van der Waals surface area contributed by atoms with Crippen LogP contribution in [-0.2, 0) is 16.4 Å². The van der Waals surface area contributed by atoms with E-state index in [4.69, 9.17) is 17.3 Å². The minimum absolute atomic E-state index is 0. The van der Waals surface area contributed by atoms with Crippen molar-refractivity contribution in [2.45, 2.75) is 10.6 Å². The molecule has 0 saturated heterocycles. The predicted octanol–water partition coefficient (Wildman–Crippen LogP) is 1.84. The molecule has 1 heterocycles. The van der Waals surface area contributed by atoms with Gasteiger partial charge in [-0.1, -0.05) is 35.1 Å². The zero-order chi connectivity index (χ0) is 15.5. The Balaban J connectivity index is 0.00000242. The van der Waals surface area contributed by atoms with Crippen molar-refractivity contribution in [3.8, 4) is 0 Å². The minimum atomic E-state index is -3.96. The molecule has 1 aromatic heterocycles. The van der Waals surface area contributed by atoms with E-state index in [0.717, 1.165) is 23.1 Å². The van der Waals surface area contributed by atoms with Crippen LogP contribution in [0.25, 0.3) is 0 Å². The van der Waals surface area contributed by atoms with Gasteiger partial charge in [-0.15, -0.1) is 12.4 Å². The Kier molecular flexibility index (Phi) is 6.76. The maximum atomic E-state index is 12.0. The van der Waals surface area contributed by atoms with Gasteiger partial charge in [0.1, 0.15) is 0 Å². The molecular formula is C12H13Cl2N3O3S2. The number of thiazole rings is 1. The molecule has 3 N–H and O–H groups in total. The van der Waals surface area contributed by atoms with E-state index >= 15 is 0 Å². The maximum Gasteiger partial charge on any atom is 0.275 e. The number of hydrogen-bond donors (Lipinski definition) is 2. The largest absolute Gasteiger partial charge is 0.330 e. The first-order valence-corrected chi connectivity index (χ1v) is 8.57. The Bertz CT molecular complexity index is 745. The highest BCUT2D eigenvalue weighted by atomic mass is 35.5. The molecule has 120 valence electrons. The second-order valence-electron chi connectivity index (χ2n) is 4.10. The van der Waals surface area contributed by atoms with Gasteiger partial charge in [0.25, 0.3) is 15.9 Å². The van der Waals surface area contributed by atoms with Gasteiger partial charge in [0.2, 0.25) is 0 Å². The number of rotatable bonds is 5. The van der Waals surface area contributed by atoms with Crippen molar-refractivity contribution < 1.29 is 13.2 Å². The number of amides is 1. The van der Waals surface area contributed by atoms with Crippen molar-refractivity contribution in [3.05, 3.63) is 46.1 Å². The van der Waals surface area contributed by atoms with Gasteiger partial charge in [0.15, 0.2) is 8.68 Å². The lowest BCUT2D eigenvalue weighted by Gasteiger charge is -2.05. The minimum Gasteiger partial charge on any atom is -0.330 e. The van der Waals surface area contributed by atoms with Gasteiger partial charge in [-0.2, -0.15) is 0 Å². The van der Waals surface area contributed by atoms with E-state index in [9.17, 15) is 13.2 Å². The zero-order valence-electron chi connectivity index (χ0n) is 11.2. The summed E-state index contributed by atoms with van der Waals surface area (Å²) in [5.41, 5.74) is 6.66. The van der Waals surface area contributed by atoms with E-state index in [1.807, 2.05) is 4.72 Å². The van der Waals surface area contributed by atoms with Crippen LogP contribution in [0.15, 0.2) is 34.7 Å². The summed E-state index contributed by atoms with van der Waals surface area (Å²) in [5, 5.41) is 0. The average Bonchev–Trinajstić information content (AvgIpc) is 2.87. The van der Waals surface area contributed by atoms with Crippen LogP contribution in [0.1, 0.15) is 15.9 Å². The Hall–Kier alpha value is -1.19. The monoisotopic (exact) mass is 381 g/mol. The molecule has 0 fully saturated rings. The summed E-state index contributed by atoms with van der Waals surface area (Å²) in [6.45, 7) is 0.506. The Labute approximate surface area is 143 Å². The highest BCUT2D eigenvalue weighted by Crippen LogP contribution is 2.22. The second kappa shape index (κ2) is 7.89. The third-order valence-electron chi connectivity index (χ3n) is 2.60. The third kappa shape index (κ3) is 4.65. The molecule has 1 aromatic carbocycles. The highest BCUT2D eigenvalue weighted by Gasteiger charge is 2.21. The Morgan fingerprint density at radius 1 is 1.32 bits per heavy atom. The van der Waals surface area contributed by atoms with Gasteiger partial charge in [-0.3, -0.25) is 4.79 Å². The van der Waals surface area contributed by atoms with Gasteiger partial charge in [0.05, 0.1) is 6.20 Å². The number of aromatic nitrogens is 1. The normalized spacial score (nSPS) is 10.8. The summed E-state index contributed by atoms with van der Waals surface area (Å²) < 4.78 is 25.9. The summed E-state index contributed by atoms with van der Waals surface area (Å²) in [4.78, 5) is 15.6. The summed E-state index contributed by atoms with van der Waals surface area (Å²) in [6, 6.07) is 6.57. The van der Waals surface area contributed by atoms with E-state index in [1.165, 1.54) is 0 Å². The molecule has 0 spiro atoms. The number of nitrogens with one attached hydrogen (secondary N) is 1. The van der Waals surface area contributed by atoms with Crippen molar-refractivity contribution in [3.63, 3.8) is 0 Å². The molecular weight excluding hydrogens is 369 g/mol. The summed E-state index contributed by atoms with van der Waals surface area (Å²) in [7, 11) is -3.96. The zero-order valence-corrected chi connectivity index (χ0v) is 14.4. The molecule has 0 unspecified atom stereocenters. The van der Waals surface area contributed by atoms with Crippen molar-refractivity contribution in [2.24, 2.45) is 5.73 Å². The number of halogens is 2. The van der Waals surface area contributed by atoms with Gasteiger partial charge < -0.3 is 5.73 Å². The number of nitrogens with two attached hydrogens (primary N) is 1. The molecule has 6 nitrogen and oxygen atoms in total. The molecule has 2 aromatic rings. The van der Waals surface area contributed by atoms with E-state index in [0.29, 0.717) is 13.0 Å². The van der Waals surface area contributed by atoms with Crippen LogP contribution in [0, 0.1) is 0 Å². The summed E-state index contributed by atoms with van der Waals surface area (Å²) in [6.07, 6.45) is 1.80. The average molecular weight is 382 g/mol. The van der Waals surface area contributed by atoms with Crippen LogP contribution < -0.4 is 10.5 Å². The summed E-state index contributed by atoms with van der Waals surface area (Å²) in [5.74, 6) is -0.709. The van der Waals surface area contributed by atoms with Crippen LogP contribution in [0.4, 0.5) is 0 Å². The Morgan fingerprint density at radius 2 is 1.95 bits per heavy atom. The lowest BCUT2D eigenvalue weighted by atomic mass is 10.1. The van der Waals surface area contributed by atoms with Crippen LogP contribution in [0.5, 0.6) is 0 Å². The van der Waals surface area contributed by atoms with E-state index in [1.54, 1.807) is 24.3 Å². The van der Waals surface area contributed by atoms with Crippen LogP contribution >= 0.6 is 35.3 Å². The molecule has 0 radical (unpaired) electrons. The topological polar surface area (TPSA) is 102 Å². The fourth-order valence-corrected chi connectivity index (χ4v) is 3.85. The molecule has 22 heavy (non-hydrogen) atoms. The van der Waals surface area contributed by atoms with Crippen molar-refractivity contribution in [1.29, 1.82) is 0 Å². The second-order valence-corrected chi connectivity index (χ2v) is 7.62. The van der Waals surface area contributed by atoms with Crippen LogP contribution in [-0.4, -0.2) is 25.9 Å². The lowest BCUT2D eigenvalue weighted by Crippen LogP contribution is -2.30. The van der Waals surface area contributed by atoms with Gasteiger partial charge >= 0.3 is 0 Å². The first kappa shape index (κ1) is 18.9. The van der Waals surface area contributed by atoms with Crippen molar-refractivity contribution in [2.75, 3.05) is 6.54 Å². The quantitative estimate of drug-likeness (QED) is 0.822. The number of sulfonamides is 1. The van der Waals surface area contributed by atoms with E-state index in [-0.39, 0.29) is 26.6 Å². The third-order valence-corrected chi connectivity index (χ3v) is 5.50. The molecule has 0 aliphatic rings.